The molecule has 2 rings (SSSR count). The van der Waals surface area contributed by atoms with Crippen LogP contribution in [0.2, 0.25) is 5.02 Å². The van der Waals surface area contributed by atoms with Gasteiger partial charge >= 0.3 is 0 Å². The third-order valence-corrected chi connectivity index (χ3v) is 3.49. The molecule has 0 aromatic heterocycles. The van der Waals surface area contributed by atoms with Crippen LogP contribution in [0.1, 0.15) is 17.3 Å². The predicted molar refractivity (Wildman–Crippen MR) is 84.7 cm³/mol. The molecule has 0 aliphatic rings. The molecule has 0 saturated heterocycles. The first kappa shape index (κ1) is 15.8. The molecule has 0 unspecified atom stereocenters. The molecule has 0 fully saturated rings. The lowest BCUT2D eigenvalue weighted by Gasteiger charge is -2.12. The van der Waals surface area contributed by atoms with Crippen LogP contribution in [0.15, 0.2) is 40.9 Å². The van der Waals surface area contributed by atoms with Gasteiger partial charge in [0, 0.05) is 10.5 Å². The lowest BCUT2D eigenvalue weighted by molar-refractivity contribution is 0.102. The molecular formula is C15H12BrClFNO2. The van der Waals surface area contributed by atoms with Crippen LogP contribution in [0.3, 0.4) is 0 Å². The first-order valence-corrected chi connectivity index (χ1v) is 7.37. The number of benzene rings is 2. The quantitative estimate of drug-likeness (QED) is 0.829. The molecule has 6 heteroatoms. The summed E-state index contributed by atoms with van der Waals surface area (Å²) in [5, 5.41) is 3.00. The molecule has 1 N–H and O–H groups in total. The molecule has 1 amide bonds. The third kappa shape index (κ3) is 3.95. The van der Waals surface area contributed by atoms with Crippen molar-refractivity contribution in [1.82, 2.24) is 0 Å². The number of carbonyl (C=O) groups is 1. The van der Waals surface area contributed by atoms with E-state index in [9.17, 15) is 9.18 Å². The van der Waals surface area contributed by atoms with Crippen molar-refractivity contribution in [2.24, 2.45) is 0 Å². The largest absolute Gasteiger partial charge is 0.492 e. The number of anilines is 1. The number of rotatable bonds is 4. The molecule has 2 aromatic carbocycles. The Hall–Kier alpha value is -1.59. The lowest BCUT2D eigenvalue weighted by Crippen LogP contribution is -2.13. The van der Waals surface area contributed by atoms with E-state index >= 15 is 0 Å². The second-order valence-electron chi connectivity index (χ2n) is 4.15. The number of hydrogen-bond acceptors (Lipinski definition) is 2. The molecule has 0 bridgehead atoms. The van der Waals surface area contributed by atoms with Gasteiger partial charge in [-0.15, -0.1) is 0 Å². The van der Waals surface area contributed by atoms with Gasteiger partial charge in [0.2, 0.25) is 0 Å². The Balaban J connectivity index is 2.29. The Morgan fingerprint density at radius 1 is 1.33 bits per heavy atom. The minimum absolute atomic E-state index is 0.275. The topological polar surface area (TPSA) is 38.3 Å². The molecule has 0 saturated carbocycles. The first-order chi connectivity index (χ1) is 10.0. The number of amides is 1. The smallest absolute Gasteiger partial charge is 0.257 e. The van der Waals surface area contributed by atoms with Crippen molar-refractivity contribution in [2.75, 3.05) is 11.9 Å². The SMILES string of the molecule is CCOc1cc(F)ccc1NC(=O)c1cc(Br)ccc1Cl. The van der Waals surface area contributed by atoms with Crippen LogP contribution in [0.25, 0.3) is 0 Å². The molecule has 110 valence electrons. The summed E-state index contributed by atoms with van der Waals surface area (Å²) in [6, 6.07) is 8.89. The average molecular weight is 373 g/mol. The summed E-state index contributed by atoms with van der Waals surface area (Å²) >= 11 is 9.30. The van der Waals surface area contributed by atoms with Crippen molar-refractivity contribution in [3.05, 3.63) is 57.3 Å². The maximum Gasteiger partial charge on any atom is 0.257 e. The Kier molecular flexibility index (Phi) is 5.20. The summed E-state index contributed by atoms with van der Waals surface area (Å²) in [5.41, 5.74) is 0.706. The number of hydrogen-bond donors (Lipinski definition) is 1. The normalized spacial score (nSPS) is 10.3. The Bertz CT molecular complexity index is 679. The van der Waals surface area contributed by atoms with Crippen LogP contribution in [-0.2, 0) is 0 Å². The van der Waals surface area contributed by atoms with Gasteiger partial charge in [-0.1, -0.05) is 27.5 Å². The number of ether oxygens (including phenoxy) is 1. The van der Waals surface area contributed by atoms with Gasteiger partial charge in [-0.3, -0.25) is 4.79 Å². The highest BCUT2D eigenvalue weighted by atomic mass is 79.9. The van der Waals surface area contributed by atoms with Crippen LogP contribution < -0.4 is 10.1 Å². The van der Waals surface area contributed by atoms with Crippen molar-refractivity contribution in [3.63, 3.8) is 0 Å². The lowest BCUT2D eigenvalue weighted by atomic mass is 10.2. The van der Waals surface area contributed by atoms with Gasteiger partial charge in [-0.2, -0.15) is 0 Å². The van der Waals surface area contributed by atoms with Crippen molar-refractivity contribution in [3.8, 4) is 5.75 Å². The fourth-order valence-electron chi connectivity index (χ4n) is 1.74. The minimum Gasteiger partial charge on any atom is -0.492 e. The van der Waals surface area contributed by atoms with Gasteiger partial charge in [-0.25, -0.2) is 4.39 Å². The maximum atomic E-state index is 13.2. The standard InChI is InChI=1S/C15H12BrClFNO2/c1-2-21-14-8-10(18)4-6-13(14)19-15(20)11-7-9(16)3-5-12(11)17/h3-8H,2H2,1H3,(H,19,20). The van der Waals surface area contributed by atoms with E-state index in [1.807, 2.05) is 0 Å². The van der Waals surface area contributed by atoms with E-state index in [1.54, 1.807) is 25.1 Å². The van der Waals surface area contributed by atoms with E-state index in [0.717, 1.165) is 4.47 Å². The summed E-state index contributed by atoms with van der Waals surface area (Å²) in [5.74, 6) is -0.553. The molecule has 0 aliphatic heterocycles. The number of carbonyl (C=O) groups excluding carboxylic acids is 1. The fourth-order valence-corrected chi connectivity index (χ4v) is 2.30. The summed E-state index contributed by atoms with van der Waals surface area (Å²) < 4.78 is 19.3. The molecule has 3 nitrogen and oxygen atoms in total. The Labute approximate surface area is 135 Å². The second kappa shape index (κ2) is 6.91. The molecule has 2 aromatic rings. The van der Waals surface area contributed by atoms with Crippen LogP contribution in [0.5, 0.6) is 5.75 Å². The molecule has 0 spiro atoms. The molecule has 0 heterocycles. The summed E-state index contributed by atoms with van der Waals surface area (Å²) in [6.07, 6.45) is 0. The van der Waals surface area contributed by atoms with Gasteiger partial charge in [0.05, 0.1) is 22.9 Å². The van der Waals surface area contributed by atoms with Crippen molar-refractivity contribution < 1.29 is 13.9 Å². The third-order valence-electron chi connectivity index (χ3n) is 2.66. The van der Waals surface area contributed by atoms with Crippen LogP contribution in [-0.4, -0.2) is 12.5 Å². The van der Waals surface area contributed by atoms with E-state index in [0.29, 0.717) is 22.9 Å². The summed E-state index contributed by atoms with van der Waals surface area (Å²) in [4.78, 5) is 12.3. The summed E-state index contributed by atoms with van der Waals surface area (Å²) in [7, 11) is 0. The van der Waals surface area contributed by atoms with E-state index in [4.69, 9.17) is 16.3 Å². The van der Waals surface area contributed by atoms with E-state index in [-0.39, 0.29) is 5.75 Å². The van der Waals surface area contributed by atoms with Crippen LogP contribution in [0.4, 0.5) is 10.1 Å². The summed E-state index contributed by atoms with van der Waals surface area (Å²) in [6.45, 7) is 2.14. The molecule has 0 atom stereocenters. The van der Waals surface area contributed by atoms with Crippen molar-refractivity contribution >= 4 is 39.1 Å². The average Bonchev–Trinajstić information content (AvgIpc) is 2.44. The highest BCUT2D eigenvalue weighted by Crippen LogP contribution is 2.27. The zero-order valence-corrected chi connectivity index (χ0v) is 13.5. The van der Waals surface area contributed by atoms with Crippen LogP contribution in [0, 0.1) is 5.82 Å². The first-order valence-electron chi connectivity index (χ1n) is 6.20. The molecular weight excluding hydrogens is 361 g/mol. The van der Waals surface area contributed by atoms with E-state index < -0.39 is 11.7 Å². The van der Waals surface area contributed by atoms with Gasteiger partial charge in [-0.05, 0) is 37.3 Å². The fraction of sp³-hybridized carbons (Fsp3) is 0.133. The Morgan fingerprint density at radius 2 is 2.10 bits per heavy atom. The van der Waals surface area contributed by atoms with Gasteiger partial charge in [0.15, 0.2) is 0 Å². The zero-order valence-electron chi connectivity index (χ0n) is 11.1. The zero-order chi connectivity index (χ0) is 15.4. The Morgan fingerprint density at radius 3 is 2.81 bits per heavy atom. The monoisotopic (exact) mass is 371 g/mol. The van der Waals surface area contributed by atoms with Crippen molar-refractivity contribution in [1.29, 1.82) is 0 Å². The second-order valence-corrected chi connectivity index (χ2v) is 5.47. The highest BCUT2D eigenvalue weighted by Gasteiger charge is 2.14. The number of nitrogens with one attached hydrogen (secondary N) is 1. The molecule has 21 heavy (non-hydrogen) atoms. The maximum absolute atomic E-state index is 13.2. The van der Waals surface area contributed by atoms with Crippen molar-refractivity contribution in [2.45, 2.75) is 6.92 Å². The van der Waals surface area contributed by atoms with E-state index in [1.165, 1.54) is 18.2 Å². The van der Waals surface area contributed by atoms with Gasteiger partial charge in [0.1, 0.15) is 11.6 Å². The van der Waals surface area contributed by atoms with E-state index in [2.05, 4.69) is 21.2 Å². The highest BCUT2D eigenvalue weighted by molar-refractivity contribution is 9.10. The van der Waals surface area contributed by atoms with Gasteiger partial charge < -0.3 is 10.1 Å². The molecule has 0 aliphatic carbocycles. The number of halogens is 3. The predicted octanol–water partition coefficient (Wildman–Crippen LogP) is 4.89. The van der Waals surface area contributed by atoms with Gasteiger partial charge in [0.25, 0.3) is 5.91 Å². The molecule has 0 radical (unpaired) electrons. The van der Waals surface area contributed by atoms with Crippen LogP contribution >= 0.6 is 27.5 Å². The minimum atomic E-state index is -0.433.